The Morgan fingerprint density at radius 2 is 1.62 bits per heavy atom. The predicted molar refractivity (Wildman–Crippen MR) is 74.9 cm³/mol. The molecule has 0 radical (unpaired) electrons. The molecule has 6 heteroatoms. The molecule has 2 aromatic rings. The number of anilines is 2. The minimum absolute atomic E-state index is 0.110. The van der Waals surface area contributed by atoms with E-state index < -0.39 is 17.4 Å². The molecule has 0 atom stereocenters. The smallest absolute Gasteiger partial charge is 0.221 e. The van der Waals surface area contributed by atoms with Gasteiger partial charge in [-0.1, -0.05) is 0 Å². The summed E-state index contributed by atoms with van der Waals surface area (Å²) in [5, 5.41) is 2.55. The van der Waals surface area contributed by atoms with Gasteiger partial charge in [-0.25, -0.2) is 8.78 Å². The topological polar surface area (TPSA) is 72.2 Å². The van der Waals surface area contributed by atoms with E-state index in [1.807, 2.05) is 0 Å². The second-order valence-corrected chi connectivity index (χ2v) is 4.44. The van der Waals surface area contributed by atoms with Crippen molar-refractivity contribution in [2.45, 2.75) is 6.92 Å². The van der Waals surface area contributed by atoms with E-state index in [9.17, 15) is 18.4 Å². The number of nitrogens with one attached hydrogen (secondary N) is 1. The Hall–Kier alpha value is -2.76. The van der Waals surface area contributed by atoms with E-state index in [2.05, 4.69) is 5.32 Å². The summed E-state index contributed by atoms with van der Waals surface area (Å²) in [5.74, 6) is -3.01. The molecule has 0 bridgehead atoms. The Bertz CT molecular complexity index is 712. The number of nitrogens with two attached hydrogens (primary N) is 1. The van der Waals surface area contributed by atoms with Gasteiger partial charge in [0, 0.05) is 35.5 Å². The average molecular weight is 290 g/mol. The van der Waals surface area contributed by atoms with Crippen LogP contribution in [0.4, 0.5) is 20.2 Å². The van der Waals surface area contributed by atoms with Crippen molar-refractivity contribution >= 4 is 23.1 Å². The monoisotopic (exact) mass is 290 g/mol. The van der Waals surface area contributed by atoms with Crippen LogP contribution in [0.5, 0.6) is 0 Å². The first kappa shape index (κ1) is 14.6. The molecule has 0 aliphatic rings. The molecule has 2 rings (SSSR count). The van der Waals surface area contributed by atoms with Crippen LogP contribution in [0.25, 0.3) is 0 Å². The molecule has 0 aliphatic heterocycles. The van der Waals surface area contributed by atoms with Crippen LogP contribution < -0.4 is 11.1 Å². The van der Waals surface area contributed by atoms with Gasteiger partial charge in [0.15, 0.2) is 17.4 Å². The van der Waals surface area contributed by atoms with E-state index in [0.717, 1.165) is 12.1 Å². The molecule has 0 saturated heterocycles. The van der Waals surface area contributed by atoms with E-state index in [0.29, 0.717) is 5.69 Å². The highest BCUT2D eigenvalue weighted by atomic mass is 19.2. The van der Waals surface area contributed by atoms with Gasteiger partial charge in [-0.15, -0.1) is 0 Å². The molecular formula is C15H12F2N2O2. The van der Waals surface area contributed by atoms with Crippen molar-refractivity contribution in [3.05, 3.63) is 59.2 Å². The fourth-order valence-electron chi connectivity index (χ4n) is 1.82. The summed E-state index contributed by atoms with van der Waals surface area (Å²) in [5.41, 5.74) is 6.07. The Kier molecular flexibility index (Phi) is 3.98. The zero-order chi connectivity index (χ0) is 15.6. The van der Waals surface area contributed by atoms with Crippen LogP contribution in [0.15, 0.2) is 36.4 Å². The van der Waals surface area contributed by atoms with Gasteiger partial charge in [-0.2, -0.15) is 0 Å². The van der Waals surface area contributed by atoms with Gasteiger partial charge < -0.3 is 11.1 Å². The van der Waals surface area contributed by atoms with Crippen molar-refractivity contribution in [3.63, 3.8) is 0 Å². The number of carbonyl (C=O) groups excluding carboxylic acids is 2. The van der Waals surface area contributed by atoms with Crippen LogP contribution in [0.1, 0.15) is 22.8 Å². The maximum atomic E-state index is 13.2. The lowest BCUT2D eigenvalue weighted by Crippen LogP contribution is -2.08. The molecule has 21 heavy (non-hydrogen) atoms. The normalized spacial score (nSPS) is 10.2. The molecule has 0 unspecified atom stereocenters. The maximum Gasteiger partial charge on any atom is 0.221 e. The SMILES string of the molecule is CC(=O)Nc1ccc(C(=O)c2cc(F)c(F)cc2N)cc1. The molecule has 4 nitrogen and oxygen atoms in total. The van der Waals surface area contributed by atoms with Crippen molar-refractivity contribution in [2.24, 2.45) is 0 Å². The summed E-state index contributed by atoms with van der Waals surface area (Å²) in [6, 6.07) is 7.54. The van der Waals surface area contributed by atoms with Crippen LogP contribution in [0.2, 0.25) is 0 Å². The maximum absolute atomic E-state index is 13.2. The zero-order valence-corrected chi connectivity index (χ0v) is 11.1. The first-order chi connectivity index (χ1) is 9.88. The fraction of sp³-hybridized carbons (Fsp3) is 0.0667. The highest BCUT2D eigenvalue weighted by Gasteiger charge is 2.16. The van der Waals surface area contributed by atoms with Crippen molar-refractivity contribution in [3.8, 4) is 0 Å². The zero-order valence-electron chi connectivity index (χ0n) is 11.1. The van der Waals surface area contributed by atoms with Gasteiger partial charge in [0.25, 0.3) is 0 Å². The Balaban J connectivity index is 2.32. The molecule has 0 fully saturated rings. The van der Waals surface area contributed by atoms with Crippen molar-refractivity contribution < 1.29 is 18.4 Å². The number of ketones is 1. The van der Waals surface area contributed by atoms with Gasteiger partial charge in [0.2, 0.25) is 5.91 Å². The van der Waals surface area contributed by atoms with Crippen LogP contribution in [-0.2, 0) is 4.79 Å². The summed E-state index contributed by atoms with van der Waals surface area (Å²) in [6.07, 6.45) is 0. The van der Waals surface area contributed by atoms with Crippen molar-refractivity contribution in [2.75, 3.05) is 11.1 Å². The van der Waals surface area contributed by atoms with E-state index in [-0.39, 0.29) is 22.7 Å². The van der Waals surface area contributed by atoms with Crippen molar-refractivity contribution in [1.82, 2.24) is 0 Å². The first-order valence-electron chi connectivity index (χ1n) is 6.05. The average Bonchev–Trinajstić information content (AvgIpc) is 2.42. The van der Waals surface area contributed by atoms with E-state index in [1.54, 1.807) is 0 Å². The number of amides is 1. The number of hydrogen-bond donors (Lipinski definition) is 2. The molecular weight excluding hydrogens is 278 g/mol. The molecule has 3 N–H and O–H groups in total. The summed E-state index contributed by atoms with van der Waals surface area (Å²) < 4.78 is 26.2. The molecule has 1 amide bonds. The van der Waals surface area contributed by atoms with Gasteiger partial charge in [-0.3, -0.25) is 9.59 Å². The van der Waals surface area contributed by atoms with Gasteiger partial charge in [-0.05, 0) is 30.3 Å². The fourth-order valence-corrected chi connectivity index (χ4v) is 1.82. The molecule has 0 saturated carbocycles. The largest absolute Gasteiger partial charge is 0.398 e. The number of hydrogen-bond acceptors (Lipinski definition) is 3. The minimum Gasteiger partial charge on any atom is -0.398 e. The Labute approximate surface area is 119 Å². The highest BCUT2D eigenvalue weighted by molar-refractivity contribution is 6.12. The van der Waals surface area contributed by atoms with E-state index in [1.165, 1.54) is 31.2 Å². The molecule has 108 valence electrons. The molecule has 0 spiro atoms. The molecule has 0 heterocycles. The highest BCUT2D eigenvalue weighted by Crippen LogP contribution is 2.21. The summed E-state index contributed by atoms with van der Waals surface area (Å²) in [6.45, 7) is 1.36. The van der Waals surface area contributed by atoms with Crippen LogP contribution in [-0.4, -0.2) is 11.7 Å². The van der Waals surface area contributed by atoms with Gasteiger partial charge >= 0.3 is 0 Å². The summed E-state index contributed by atoms with van der Waals surface area (Å²) in [7, 11) is 0. The van der Waals surface area contributed by atoms with Crippen LogP contribution >= 0.6 is 0 Å². The quantitative estimate of drug-likeness (QED) is 0.674. The predicted octanol–water partition coefficient (Wildman–Crippen LogP) is 2.74. The van der Waals surface area contributed by atoms with E-state index in [4.69, 9.17) is 5.73 Å². The Morgan fingerprint density at radius 1 is 1.05 bits per heavy atom. The number of rotatable bonds is 3. The van der Waals surface area contributed by atoms with E-state index >= 15 is 0 Å². The van der Waals surface area contributed by atoms with Crippen molar-refractivity contribution in [1.29, 1.82) is 0 Å². The van der Waals surface area contributed by atoms with Crippen LogP contribution in [0.3, 0.4) is 0 Å². The van der Waals surface area contributed by atoms with Gasteiger partial charge in [0.05, 0.1) is 0 Å². The number of nitrogen functional groups attached to an aromatic ring is 1. The molecule has 0 aromatic heterocycles. The minimum atomic E-state index is -1.14. The first-order valence-corrected chi connectivity index (χ1v) is 6.05. The Morgan fingerprint density at radius 3 is 2.19 bits per heavy atom. The third-order valence-electron chi connectivity index (χ3n) is 2.80. The molecule has 0 aliphatic carbocycles. The van der Waals surface area contributed by atoms with Crippen LogP contribution in [0, 0.1) is 11.6 Å². The molecule has 2 aromatic carbocycles. The van der Waals surface area contributed by atoms with Gasteiger partial charge in [0.1, 0.15) is 0 Å². The summed E-state index contributed by atoms with van der Waals surface area (Å²) in [4.78, 5) is 23.1. The number of halogens is 2. The second kappa shape index (κ2) is 5.70. The third kappa shape index (κ3) is 3.22. The second-order valence-electron chi connectivity index (χ2n) is 4.44. The lowest BCUT2D eigenvalue weighted by molar-refractivity contribution is -0.114. The summed E-state index contributed by atoms with van der Waals surface area (Å²) >= 11 is 0. The number of carbonyl (C=O) groups is 2. The lowest BCUT2D eigenvalue weighted by atomic mass is 10.0. The standard InChI is InChI=1S/C15H12F2N2O2/c1-8(20)19-10-4-2-9(3-5-10)15(21)11-6-12(16)13(17)7-14(11)18/h2-7H,18H2,1H3,(H,19,20). The number of benzene rings is 2. The lowest BCUT2D eigenvalue weighted by Gasteiger charge is -2.07. The third-order valence-corrected chi connectivity index (χ3v) is 2.80.